The molecule has 2 heterocycles. The molecule has 0 unspecified atom stereocenters. The minimum atomic E-state index is 0.0874. The standard InChI is InChI=1S/C18H17ClN2OS/c19-13-8-6-12(7-9-13)10-21-11-20-17-16(18(21)22)14-4-2-1-3-5-15(14)23-17/h6-9,11H,1-5,10H2. The monoisotopic (exact) mass is 344 g/mol. The topological polar surface area (TPSA) is 34.9 Å². The highest BCUT2D eigenvalue weighted by Crippen LogP contribution is 2.32. The van der Waals surface area contributed by atoms with Crippen molar-refractivity contribution < 1.29 is 0 Å². The van der Waals surface area contributed by atoms with Crippen LogP contribution in [0.15, 0.2) is 35.4 Å². The SMILES string of the molecule is O=c1c2c3c(sc2ncn1Cc1ccc(Cl)cc1)CCCCC3. The van der Waals surface area contributed by atoms with Gasteiger partial charge in [-0.1, -0.05) is 30.2 Å². The number of halogens is 1. The second-order valence-corrected chi connectivity index (χ2v) is 7.57. The zero-order valence-electron chi connectivity index (χ0n) is 12.7. The lowest BCUT2D eigenvalue weighted by Crippen LogP contribution is -2.21. The number of aromatic nitrogens is 2. The molecule has 5 heteroatoms. The van der Waals surface area contributed by atoms with Gasteiger partial charge in [0.05, 0.1) is 18.3 Å². The van der Waals surface area contributed by atoms with Gasteiger partial charge in [-0.25, -0.2) is 4.98 Å². The number of rotatable bonds is 2. The number of aryl methyl sites for hydroxylation is 2. The lowest BCUT2D eigenvalue weighted by Gasteiger charge is -2.06. The van der Waals surface area contributed by atoms with E-state index in [-0.39, 0.29) is 5.56 Å². The van der Waals surface area contributed by atoms with Crippen LogP contribution in [0.25, 0.3) is 10.2 Å². The first-order valence-electron chi connectivity index (χ1n) is 7.96. The van der Waals surface area contributed by atoms with Gasteiger partial charge >= 0.3 is 0 Å². The van der Waals surface area contributed by atoms with Gasteiger partial charge in [0, 0.05) is 9.90 Å². The van der Waals surface area contributed by atoms with E-state index in [2.05, 4.69) is 4.98 Å². The average molecular weight is 345 g/mol. The molecule has 118 valence electrons. The maximum Gasteiger partial charge on any atom is 0.262 e. The van der Waals surface area contributed by atoms with Crippen LogP contribution in [-0.2, 0) is 19.4 Å². The summed E-state index contributed by atoms with van der Waals surface area (Å²) in [6.07, 6.45) is 7.42. The van der Waals surface area contributed by atoms with Crippen LogP contribution < -0.4 is 5.56 Å². The van der Waals surface area contributed by atoms with E-state index in [1.807, 2.05) is 24.3 Å². The van der Waals surface area contributed by atoms with E-state index in [4.69, 9.17) is 11.6 Å². The predicted octanol–water partition coefficient (Wildman–Crippen LogP) is 4.43. The molecule has 3 nitrogen and oxygen atoms in total. The van der Waals surface area contributed by atoms with Crippen molar-refractivity contribution in [2.24, 2.45) is 0 Å². The van der Waals surface area contributed by atoms with Gasteiger partial charge in [-0.15, -0.1) is 11.3 Å². The Morgan fingerprint density at radius 3 is 2.74 bits per heavy atom. The molecule has 0 saturated carbocycles. The average Bonchev–Trinajstić information content (AvgIpc) is 2.75. The molecular weight excluding hydrogens is 328 g/mol. The van der Waals surface area contributed by atoms with Crippen molar-refractivity contribution in [2.75, 3.05) is 0 Å². The molecule has 0 bridgehead atoms. The number of nitrogens with zero attached hydrogens (tertiary/aromatic N) is 2. The molecule has 0 radical (unpaired) electrons. The molecule has 0 spiro atoms. The highest BCUT2D eigenvalue weighted by atomic mass is 35.5. The highest BCUT2D eigenvalue weighted by Gasteiger charge is 2.19. The normalized spacial score (nSPS) is 14.7. The maximum atomic E-state index is 12.9. The minimum absolute atomic E-state index is 0.0874. The molecular formula is C18H17ClN2OS. The summed E-state index contributed by atoms with van der Waals surface area (Å²) >= 11 is 7.63. The van der Waals surface area contributed by atoms with Crippen molar-refractivity contribution in [3.05, 3.63) is 62.0 Å². The van der Waals surface area contributed by atoms with E-state index in [0.717, 1.165) is 28.6 Å². The Bertz CT molecular complexity index is 911. The van der Waals surface area contributed by atoms with Crippen LogP contribution in [0.2, 0.25) is 5.02 Å². The van der Waals surface area contributed by atoms with Crippen molar-refractivity contribution in [3.8, 4) is 0 Å². The summed E-state index contributed by atoms with van der Waals surface area (Å²) in [6, 6.07) is 7.61. The minimum Gasteiger partial charge on any atom is -0.294 e. The zero-order valence-corrected chi connectivity index (χ0v) is 14.3. The third-order valence-electron chi connectivity index (χ3n) is 4.46. The first-order valence-corrected chi connectivity index (χ1v) is 9.16. The number of hydrogen-bond donors (Lipinski definition) is 0. The van der Waals surface area contributed by atoms with Crippen molar-refractivity contribution in [1.82, 2.24) is 9.55 Å². The van der Waals surface area contributed by atoms with Crippen LogP contribution in [0.4, 0.5) is 0 Å². The molecule has 0 amide bonds. The third-order valence-corrected chi connectivity index (χ3v) is 5.91. The summed E-state index contributed by atoms with van der Waals surface area (Å²) in [4.78, 5) is 19.8. The quantitative estimate of drug-likeness (QED) is 0.645. The van der Waals surface area contributed by atoms with Crippen LogP contribution in [0.1, 0.15) is 35.3 Å². The second-order valence-electron chi connectivity index (χ2n) is 6.05. The van der Waals surface area contributed by atoms with Gasteiger partial charge in [-0.3, -0.25) is 9.36 Å². The summed E-state index contributed by atoms with van der Waals surface area (Å²) < 4.78 is 1.71. The van der Waals surface area contributed by atoms with Crippen molar-refractivity contribution in [3.63, 3.8) is 0 Å². The largest absolute Gasteiger partial charge is 0.294 e. The first kappa shape index (κ1) is 14.9. The van der Waals surface area contributed by atoms with Crippen molar-refractivity contribution in [2.45, 2.75) is 38.6 Å². The van der Waals surface area contributed by atoms with E-state index in [9.17, 15) is 4.79 Å². The summed E-state index contributed by atoms with van der Waals surface area (Å²) in [5, 5.41) is 1.56. The van der Waals surface area contributed by atoms with E-state index in [1.54, 1.807) is 22.2 Å². The van der Waals surface area contributed by atoms with Gasteiger partial charge in [0.1, 0.15) is 4.83 Å². The Morgan fingerprint density at radius 2 is 1.91 bits per heavy atom. The van der Waals surface area contributed by atoms with E-state index in [1.165, 1.54) is 29.7 Å². The maximum absolute atomic E-state index is 12.9. The van der Waals surface area contributed by atoms with E-state index >= 15 is 0 Å². The van der Waals surface area contributed by atoms with Crippen LogP contribution in [0.5, 0.6) is 0 Å². The fourth-order valence-corrected chi connectivity index (χ4v) is 4.60. The number of fused-ring (bicyclic) bond motifs is 3. The van der Waals surface area contributed by atoms with Gasteiger partial charge in [0.2, 0.25) is 0 Å². The Kier molecular flexibility index (Phi) is 3.95. The third kappa shape index (κ3) is 2.81. The van der Waals surface area contributed by atoms with Crippen LogP contribution in [0.3, 0.4) is 0 Å². The Labute approximate surface area is 143 Å². The molecule has 0 atom stereocenters. The number of thiophene rings is 1. The number of benzene rings is 1. The summed E-state index contributed by atoms with van der Waals surface area (Å²) in [5.41, 5.74) is 2.40. The molecule has 23 heavy (non-hydrogen) atoms. The molecule has 0 N–H and O–H groups in total. The highest BCUT2D eigenvalue weighted by molar-refractivity contribution is 7.18. The van der Waals surface area contributed by atoms with Gasteiger partial charge < -0.3 is 0 Å². The van der Waals surface area contributed by atoms with Crippen LogP contribution in [-0.4, -0.2) is 9.55 Å². The molecule has 3 aromatic rings. The summed E-state index contributed by atoms with van der Waals surface area (Å²) in [5.74, 6) is 0. The summed E-state index contributed by atoms with van der Waals surface area (Å²) in [6.45, 7) is 0.531. The molecule has 1 aliphatic rings. The van der Waals surface area contributed by atoms with Gasteiger partial charge in [0.15, 0.2) is 0 Å². The first-order chi connectivity index (χ1) is 11.2. The lowest BCUT2D eigenvalue weighted by atomic mass is 10.1. The predicted molar refractivity (Wildman–Crippen MR) is 95.7 cm³/mol. The second kappa shape index (κ2) is 6.10. The van der Waals surface area contributed by atoms with Crippen molar-refractivity contribution >= 4 is 33.2 Å². The van der Waals surface area contributed by atoms with E-state index in [0.29, 0.717) is 11.6 Å². The fourth-order valence-electron chi connectivity index (χ4n) is 3.26. The Hall–Kier alpha value is -1.65. The van der Waals surface area contributed by atoms with Crippen molar-refractivity contribution in [1.29, 1.82) is 0 Å². The number of hydrogen-bond acceptors (Lipinski definition) is 3. The van der Waals surface area contributed by atoms with Gasteiger partial charge in [-0.05, 0) is 48.9 Å². The van der Waals surface area contributed by atoms with Crippen LogP contribution >= 0.6 is 22.9 Å². The summed E-state index contributed by atoms with van der Waals surface area (Å²) in [7, 11) is 0. The fraction of sp³-hybridized carbons (Fsp3) is 0.333. The molecule has 0 fully saturated rings. The lowest BCUT2D eigenvalue weighted by molar-refractivity contribution is 0.712. The zero-order chi connectivity index (χ0) is 15.8. The Balaban J connectivity index is 1.79. The molecule has 2 aromatic heterocycles. The molecule has 0 aliphatic heterocycles. The van der Waals surface area contributed by atoms with Gasteiger partial charge in [0.25, 0.3) is 5.56 Å². The molecule has 4 rings (SSSR count). The smallest absolute Gasteiger partial charge is 0.262 e. The van der Waals surface area contributed by atoms with E-state index < -0.39 is 0 Å². The molecule has 1 aromatic carbocycles. The molecule has 0 saturated heterocycles. The Morgan fingerprint density at radius 1 is 1.13 bits per heavy atom. The molecule has 1 aliphatic carbocycles. The van der Waals surface area contributed by atoms with Gasteiger partial charge in [-0.2, -0.15) is 0 Å². The van der Waals surface area contributed by atoms with Crippen LogP contribution in [0, 0.1) is 0 Å².